The monoisotopic (exact) mass is 369 g/mol. The third-order valence-corrected chi connectivity index (χ3v) is 4.36. The van der Waals surface area contributed by atoms with Crippen LogP contribution in [0.15, 0.2) is 24.3 Å². The maximum absolute atomic E-state index is 12.4. The predicted molar refractivity (Wildman–Crippen MR) is 92.8 cm³/mol. The van der Waals surface area contributed by atoms with E-state index in [9.17, 15) is 18.4 Å². The number of hydrogen-bond acceptors (Lipinski definition) is 4. The number of halogens is 2. The minimum atomic E-state index is -2.85. The molecule has 0 aliphatic carbocycles. The van der Waals surface area contributed by atoms with Crippen LogP contribution in [0.3, 0.4) is 0 Å². The molecule has 1 aromatic carbocycles. The minimum Gasteiger partial charge on any atom is -0.435 e. The van der Waals surface area contributed by atoms with Gasteiger partial charge in [-0.25, -0.2) is 0 Å². The molecule has 1 aromatic rings. The number of nitrogens with two attached hydrogens (primary N) is 1. The number of piperidine rings is 1. The normalized spacial score (nSPS) is 17.2. The molecule has 2 amide bonds. The summed E-state index contributed by atoms with van der Waals surface area (Å²) in [5.74, 6) is -0.153. The SMILES string of the molecule is NCCNC(=O)C1CCCN(C(=O)CCc2ccc(OC(F)F)cc2)C1. The van der Waals surface area contributed by atoms with E-state index in [1.807, 2.05) is 0 Å². The number of carbonyl (C=O) groups excluding carboxylic acids is 2. The number of alkyl halides is 2. The van der Waals surface area contributed by atoms with Gasteiger partial charge in [0, 0.05) is 32.6 Å². The van der Waals surface area contributed by atoms with E-state index in [2.05, 4.69) is 10.1 Å². The van der Waals surface area contributed by atoms with Crippen molar-refractivity contribution in [3.8, 4) is 5.75 Å². The Morgan fingerprint density at radius 3 is 2.69 bits per heavy atom. The van der Waals surface area contributed by atoms with Crippen molar-refractivity contribution in [3.05, 3.63) is 29.8 Å². The molecule has 1 heterocycles. The fraction of sp³-hybridized carbons (Fsp3) is 0.556. The lowest BCUT2D eigenvalue weighted by Crippen LogP contribution is -2.46. The Morgan fingerprint density at radius 2 is 2.04 bits per heavy atom. The lowest BCUT2D eigenvalue weighted by Gasteiger charge is -2.32. The number of likely N-dealkylation sites (tertiary alicyclic amines) is 1. The molecule has 3 N–H and O–H groups in total. The first-order chi connectivity index (χ1) is 12.5. The van der Waals surface area contributed by atoms with E-state index >= 15 is 0 Å². The molecule has 144 valence electrons. The van der Waals surface area contributed by atoms with Gasteiger partial charge in [0.2, 0.25) is 11.8 Å². The molecule has 1 aliphatic heterocycles. The molecule has 8 heteroatoms. The molecule has 0 saturated carbocycles. The van der Waals surface area contributed by atoms with E-state index in [0.29, 0.717) is 39.0 Å². The number of aryl methyl sites for hydroxylation is 1. The number of carbonyl (C=O) groups is 2. The number of hydrogen-bond donors (Lipinski definition) is 2. The highest BCUT2D eigenvalue weighted by Crippen LogP contribution is 2.19. The fourth-order valence-corrected chi connectivity index (χ4v) is 3.00. The molecule has 0 radical (unpaired) electrons. The molecule has 26 heavy (non-hydrogen) atoms. The molecule has 1 fully saturated rings. The number of amides is 2. The van der Waals surface area contributed by atoms with Crippen LogP contribution in [-0.2, 0) is 16.0 Å². The van der Waals surface area contributed by atoms with Crippen molar-refractivity contribution in [3.63, 3.8) is 0 Å². The van der Waals surface area contributed by atoms with Gasteiger partial charge in [0.15, 0.2) is 0 Å². The zero-order valence-electron chi connectivity index (χ0n) is 14.6. The Morgan fingerprint density at radius 1 is 1.31 bits per heavy atom. The molecular formula is C18H25F2N3O3. The van der Waals surface area contributed by atoms with Gasteiger partial charge in [0.1, 0.15) is 5.75 Å². The Bertz CT molecular complexity index is 596. The number of benzene rings is 1. The summed E-state index contributed by atoms with van der Waals surface area (Å²) in [5.41, 5.74) is 6.26. The summed E-state index contributed by atoms with van der Waals surface area (Å²) in [6.45, 7) is -0.940. The zero-order valence-corrected chi connectivity index (χ0v) is 14.6. The summed E-state index contributed by atoms with van der Waals surface area (Å²) in [6, 6.07) is 6.27. The van der Waals surface area contributed by atoms with Crippen LogP contribution in [0.2, 0.25) is 0 Å². The molecule has 0 spiro atoms. The fourth-order valence-electron chi connectivity index (χ4n) is 3.00. The first-order valence-corrected chi connectivity index (χ1v) is 8.79. The Labute approximate surface area is 151 Å². The van der Waals surface area contributed by atoms with E-state index in [4.69, 9.17) is 5.73 Å². The van der Waals surface area contributed by atoms with E-state index < -0.39 is 6.61 Å². The van der Waals surface area contributed by atoms with Crippen molar-refractivity contribution in [1.82, 2.24) is 10.2 Å². The van der Waals surface area contributed by atoms with Gasteiger partial charge < -0.3 is 20.7 Å². The second-order valence-corrected chi connectivity index (χ2v) is 6.28. The van der Waals surface area contributed by atoms with Crippen molar-refractivity contribution in [1.29, 1.82) is 0 Å². The molecule has 1 saturated heterocycles. The Kier molecular flexibility index (Phi) is 7.77. The highest BCUT2D eigenvalue weighted by Gasteiger charge is 2.27. The molecule has 1 aliphatic rings. The van der Waals surface area contributed by atoms with Crippen LogP contribution in [0.4, 0.5) is 8.78 Å². The van der Waals surface area contributed by atoms with Crippen LogP contribution in [0, 0.1) is 5.92 Å². The summed E-state index contributed by atoms with van der Waals surface area (Å²) in [7, 11) is 0. The van der Waals surface area contributed by atoms with Gasteiger partial charge in [-0.15, -0.1) is 0 Å². The summed E-state index contributed by atoms with van der Waals surface area (Å²) in [6.07, 6.45) is 2.39. The Balaban J connectivity index is 1.80. The van der Waals surface area contributed by atoms with E-state index in [-0.39, 0.29) is 23.5 Å². The predicted octanol–water partition coefficient (Wildman–Crippen LogP) is 1.53. The van der Waals surface area contributed by atoms with Crippen LogP contribution in [-0.4, -0.2) is 49.5 Å². The van der Waals surface area contributed by atoms with Crippen molar-refractivity contribution in [2.24, 2.45) is 11.7 Å². The minimum absolute atomic E-state index is 0.00534. The second-order valence-electron chi connectivity index (χ2n) is 6.28. The number of nitrogens with zero attached hydrogens (tertiary/aromatic N) is 1. The number of nitrogens with one attached hydrogen (secondary N) is 1. The third kappa shape index (κ3) is 6.25. The average molecular weight is 369 g/mol. The van der Waals surface area contributed by atoms with Crippen molar-refractivity contribution in [2.45, 2.75) is 32.3 Å². The molecule has 6 nitrogen and oxygen atoms in total. The van der Waals surface area contributed by atoms with Crippen LogP contribution >= 0.6 is 0 Å². The van der Waals surface area contributed by atoms with Gasteiger partial charge in [-0.3, -0.25) is 9.59 Å². The lowest BCUT2D eigenvalue weighted by atomic mass is 9.96. The first kappa shape index (κ1) is 20.1. The van der Waals surface area contributed by atoms with Gasteiger partial charge in [0.25, 0.3) is 0 Å². The summed E-state index contributed by atoms with van der Waals surface area (Å²) in [5, 5.41) is 2.77. The zero-order chi connectivity index (χ0) is 18.9. The van der Waals surface area contributed by atoms with E-state index in [1.165, 1.54) is 12.1 Å². The second kappa shape index (κ2) is 10.1. The summed E-state index contributed by atoms with van der Waals surface area (Å²) in [4.78, 5) is 26.2. The highest BCUT2D eigenvalue weighted by atomic mass is 19.3. The van der Waals surface area contributed by atoms with Gasteiger partial charge >= 0.3 is 6.61 Å². The van der Waals surface area contributed by atoms with E-state index in [0.717, 1.165) is 18.4 Å². The number of ether oxygens (including phenoxy) is 1. The maximum atomic E-state index is 12.4. The smallest absolute Gasteiger partial charge is 0.387 e. The first-order valence-electron chi connectivity index (χ1n) is 8.79. The Hall–Kier alpha value is -2.22. The molecule has 2 rings (SSSR count). The van der Waals surface area contributed by atoms with Crippen LogP contribution in [0.1, 0.15) is 24.8 Å². The maximum Gasteiger partial charge on any atom is 0.387 e. The quantitative estimate of drug-likeness (QED) is 0.728. The highest BCUT2D eigenvalue weighted by molar-refractivity contribution is 5.81. The van der Waals surface area contributed by atoms with Gasteiger partial charge in [-0.2, -0.15) is 8.78 Å². The van der Waals surface area contributed by atoms with Crippen LogP contribution in [0.25, 0.3) is 0 Å². The van der Waals surface area contributed by atoms with Crippen molar-refractivity contribution < 1.29 is 23.1 Å². The summed E-state index contributed by atoms with van der Waals surface area (Å²) < 4.78 is 28.6. The van der Waals surface area contributed by atoms with Crippen LogP contribution in [0.5, 0.6) is 5.75 Å². The summed E-state index contributed by atoms with van der Waals surface area (Å²) >= 11 is 0. The lowest BCUT2D eigenvalue weighted by molar-refractivity contribution is -0.135. The number of rotatable bonds is 8. The standard InChI is InChI=1S/C18H25F2N3O3/c19-18(20)26-15-6-3-13(4-7-15)5-8-16(24)23-11-1-2-14(12-23)17(25)22-10-9-21/h3-4,6-7,14,18H,1-2,5,8-12,21H2,(H,22,25). The molecule has 1 atom stereocenters. The molecular weight excluding hydrogens is 344 g/mol. The van der Waals surface area contributed by atoms with Gasteiger partial charge in [0.05, 0.1) is 5.92 Å². The van der Waals surface area contributed by atoms with Gasteiger partial charge in [-0.1, -0.05) is 12.1 Å². The van der Waals surface area contributed by atoms with Crippen molar-refractivity contribution >= 4 is 11.8 Å². The van der Waals surface area contributed by atoms with Crippen molar-refractivity contribution in [2.75, 3.05) is 26.2 Å². The topological polar surface area (TPSA) is 84.7 Å². The molecule has 1 unspecified atom stereocenters. The largest absolute Gasteiger partial charge is 0.435 e. The molecule has 0 aromatic heterocycles. The van der Waals surface area contributed by atoms with Crippen LogP contribution < -0.4 is 15.8 Å². The van der Waals surface area contributed by atoms with E-state index in [1.54, 1.807) is 17.0 Å². The third-order valence-electron chi connectivity index (χ3n) is 4.36. The molecule has 0 bridgehead atoms. The van der Waals surface area contributed by atoms with Gasteiger partial charge in [-0.05, 0) is 37.0 Å². The average Bonchev–Trinajstić information content (AvgIpc) is 2.65.